The molecule has 3 nitrogen and oxygen atoms in total. The molecule has 0 unspecified atom stereocenters. The van der Waals surface area contributed by atoms with E-state index < -0.39 is 0 Å². The molecule has 0 radical (unpaired) electrons. The molecule has 0 aromatic heterocycles. The van der Waals surface area contributed by atoms with Gasteiger partial charge in [-0.15, -0.1) is 0 Å². The summed E-state index contributed by atoms with van der Waals surface area (Å²) in [5.41, 5.74) is 1.08. The van der Waals surface area contributed by atoms with E-state index in [4.69, 9.17) is 10.00 Å². The number of nitriles is 1. The zero-order valence-corrected chi connectivity index (χ0v) is 8.10. The highest BCUT2D eigenvalue weighted by Gasteiger charge is 2.23. The Kier molecular flexibility index (Phi) is 2.28. The maximum Gasteiger partial charge on any atom is 0.201 e. The molecule has 1 atom stereocenters. The number of rotatable bonds is 1. The minimum atomic E-state index is -0.343. The molecule has 0 fully saturated rings. The van der Waals surface area contributed by atoms with Crippen molar-refractivity contribution in [3.05, 3.63) is 24.3 Å². The molecule has 1 aromatic carbocycles. The highest BCUT2D eigenvalue weighted by Crippen LogP contribution is 2.32. The lowest BCUT2D eigenvalue weighted by Crippen LogP contribution is -2.39. The van der Waals surface area contributed by atoms with Crippen molar-refractivity contribution < 1.29 is 4.74 Å². The van der Waals surface area contributed by atoms with Crippen molar-refractivity contribution >= 4 is 5.69 Å². The van der Waals surface area contributed by atoms with Crippen LogP contribution < -0.4 is 9.64 Å². The summed E-state index contributed by atoms with van der Waals surface area (Å²) in [7, 11) is 0. The topological polar surface area (TPSA) is 36.3 Å². The summed E-state index contributed by atoms with van der Waals surface area (Å²) in [5.74, 6) is 0.812. The van der Waals surface area contributed by atoms with Gasteiger partial charge in [-0.2, -0.15) is 5.26 Å². The third-order valence-corrected chi connectivity index (χ3v) is 2.39. The standard InChI is InChI=1S/C11H12N2O/c1-2-13-8-9(7-12)14-11-6-4-3-5-10(11)13/h3-6,9H,2,8H2,1H3/t9-/m0/s1. The van der Waals surface area contributed by atoms with Gasteiger partial charge >= 0.3 is 0 Å². The second-order valence-electron chi connectivity index (χ2n) is 3.24. The molecule has 2 rings (SSSR count). The van der Waals surface area contributed by atoms with Crippen LogP contribution in [0.15, 0.2) is 24.3 Å². The van der Waals surface area contributed by atoms with Gasteiger partial charge < -0.3 is 9.64 Å². The van der Waals surface area contributed by atoms with Crippen molar-refractivity contribution in [3.8, 4) is 11.8 Å². The molecule has 0 saturated heterocycles. The zero-order valence-electron chi connectivity index (χ0n) is 8.10. The van der Waals surface area contributed by atoms with Gasteiger partial charge in [-0.3, -0.25) is 0 Å². The van der Waals surface area contributed by atoms with Gasteiger partial charge in [0.05, 0.1) is 12.2 Å². The van der Waals surface area contributed by atoms with Gasteiger partial charge in [0, 0.05) is 6.54 Å². The van der Waals surface area contributed by atoms with Crippen LogP contribution in [-0.2, 0) is 0 Å². The molecular formula is C11H12N2O. The average molecular weight is 188 g/mol. The molecule has 72 valence electrons. The number of para-hydroxylation sites is 2. The summed E-state index contributed by atoms with van der Waals surface area (Å²) >= 11 is 0. The van der Waals surface area contributed by atoms with E-state index in [0.717, 1.165) is 18.0 Å². The van der Waals surface area contributed by atoms with Crippen molar-refractivity contribution in [1.82, 2.24) is 0 Å². The van der Waals surface area contributed by atoms with Gasteiger partial charge in [0.2, 0.25) is 6.10 Å². The largest absolute Gasteiger partial charge is 0.472 e. The molecule has 14 heavy (non-hydrogen) atoms. The van der Waals surface area contributed by atoms with Crippen LogP contribution in [0.2, 0.25) is 0 Å². The van der Waals surface area contributed by atoms with E-state index in [2.05, 4.69) is 17.9 Å². The van der Waals surface area contributed by atoms with Crippen LogP contribution in [0, 0.1) is 11.3 Å². The second-order valence-corrected chi connectivity index (χ2v) is 3.24. The summed E-state index contributed by atoms with van der Waals surface area (Å²) in [6, 6.07) is 9.98. The minimum absolute atomic E-state index is 0.343. The Balaban J connectivity index is 2.36. The van der Waals surface area contributed by atoms with Crippen molar-refractivity contribution in [2.24, 2.45) is 0 Å². The Morgan fingerprint density at radius 3 is 3.07 bits per heavy atom. The fraction of sp³-hybridized carbons (Fsp3) is 0.364. The summed E-state index contributed by atoms with van der Waals surface area (Å²) in [4.78, 5) is 2.16. The molecule has 0 spiro atoms. The third kappa shape index (κ3) is 1.39. The molecule has 3 heteroatoms. The first-order chi connectivity index (χ1) is 6.85. The summed E-state index contributed by atoms with van der Waals surface area (Å²) in [6.07, 6.45) is -0.343. The van der Waals surface area contributed by atoms with Gasteiger partial charge in [-0.25, -0.2) is 0 Å². The van der Waals surface area contributed by atoms with Crippen LogP contribution in [0.25, 0.3) is 0 Å². The highest BCUT2D eigenvalue weighted by atomic mass is 16.5. The highest BCUT2D eigenvalue weighted by molar-refractivity contribution is 5.60. The number of nitrogens with zero attached hydrogens (tertiary/aromatic N) is 2. The molecular weight excluding hydrogens is 176 g/mol. The molecule has 0 saturated carbocycles. The Labute approximate surface area is 83.5 Å². The molecule has 1 aliphatic heterocycles. The minimum Gasteiger partial charge on any atom is -0.472 e. The van der Waals surface area contributed by atoms with Crippen molar-refractivity contribution in [3.63, 3.8) is 0 Å². The number of hydrogen-bond donors (Lipinski definition) is 0. The van der Waals surface area contributed by atoms with E-state index in [9.17, 15) is 0 Å². The van der Waals surface area contributed by atoms with Gasteiger partial charge in [0.15, 0.2) is 0 Å². The van der Waals surface area contributed by atoms with E-state index >= 15 is 0 Å². The smallest absolute Gasteiger partial charge is 0.201 e. The monoisotopic (exact) mass is 188 g/mol. The van der Waals surface area contributed by atoms with Gasteiger partial charge in [0.1, 0.15) is 11.8 Å². The van der Waals surface area contributed by atoms with E-state index in [1.807, 2.05) is 24.3 Å². The van der Waals surface area contributed by atoms with Crippen LogP contribution in [0.1, 0.15) is 6.92 Å². The molecule has 0 aliphatic carbocycles. The first kappa shape index (κ1) is 8.89. The van der Waals surface area contributed by atoms with Crippen LogP contribution in [0.5, 0.6) is 5.75 Å². The fourth-order valence-corrected chi connectivity index (χ4v) is 1.67. The first-order valence-corrected chi connectivity index (χ1v) is 4.75. The molecule has 1 heterocycles. The third-order valence-electron chi connectivity index (χ3n) is 2.39. The quantitative estimate of drug-likeness (QED) is 0.674. The van der Waals surface area contributed by atoms with Crippen LogP contribution in [-0.4, -0.2) is 19.2 Å². The predicted molar refractivity (Wildman–Crippen MR) is 54.4 cm³/mol. The molecule has 1 aromatic rings. The fourth-order valence-electron chi connectivity index (χ4n) is 1.67. The maximum absolute atomic E-state index is 8.83. The van der Waals surface area contributed by atoms with Crippen LogP contribution >= 0.6 is 0 Å². The SMILES string of the molecule is CCN1C[C@H](C#N)Oc2ccccc21. The first-order valence-electron chi connectivity index (χ1n) is 4.75. The van der Waals surface area contributed by atoms with E-state index in [1.165, 1.54) is 0 Å². The number of ether oxygens (including phenoxy) is 1. The number of benzene rings is 1. The van der Waals surface area contributed by atoms with Gasteiger partial charge in [0.25, 0.3) is 0 Å². The van der Waals surface area contributed by atoms with E-state index in [-0.39, 0.29) is 6.10 Å². The molecule has 0 amide bonds. The summed E-state index contributed by atoms with van der Waals surface area (Å²) in [5, 5.41) is 8.83. The molecule has 1 aliphatic rings. The van der Waals surface area contributed by atoms with Gasteiger partial charge in [-0.05, 0) is 19.1 Å². The van der Waals surface area contributed by atoms with Crippen LogP contribution in [0.3, 0.4) is 0 Å². The molecule has 0 N–H and O–H groups in total. The Bertz CT molecular complexity index is 370. The Hall–Kier alpha value is -1.69. The molecule has 0 bridgehead atoms. The van der Waals surface area contributed by atoms with Crippen molar-refractivity contribution in [2.45, 2.75) is 13.0 Å². The summed E-state index contributed by atoms with van der Waals surface area (Å²) < 4.78 is 5.51. The number of hydrogen-bond acceptors (Lipinski definition) is 3. The Morgan fingerprint density at radius 1 is 1.57 bits per heavy atom. The van der Waals surface area contributed by atoms with E-state index in [0.29, 0.717) is 6.54 Å². The number of fused-ring (bicyclic) bond motifs is 1. The predicted octanol–water partition coefficient (Wildman–Crippen LogP) is 1.80. The Morgan fingerprint density at radius 2 is 2.36 bits per heavy atom. The maximum atomic E-state index is 8.83. The number of likely N-dealkylation sites (N-methyl/N-ethyl adjacent to an activating group) is 1. The normalized spacial score (nSPS) is 19.4. The zero-order chi connectivity index (χ0) is 9.97. The lowest BCUT2D eigenvalue weighted by Gasteiger charge is -2.32. The lowest BCUT2D eigenvalue weighted by atomic mass is 10.2. The van der Waals surface area contributed by atoms with Crippen molar-refractivity contribution in [1.29, 1.82) is 5.26 Å². The van der Waals surface area contributed by atoms with Crippen LogP contribution in [0.4, 0.5) is 5.69 Å². The van der Waals surface area contributed by atoms with Crippen molar-refractivity contribution in [2.75, 3.05) is 18.0 Å². The average Bonchev–Trinajstić information content (AvgIpc) is 2.27. The number of anilines is 1. The summed E-state index contributed by atoms with van der Waals surface area (Å²) in [6.45, 7) is 3.64. The lowest BCUT2D eigenvalue weighted by molar-refractivity contribution is 0.246. The van der Waals surface area contributed by atoms with E-state index in [1.54, 1.807) is 0 Å². The van der Waals surface area contributed by atoms with Gasteiger partial charge in [-0.1, -0.05) is 12.1 Å². The second kappa shape index (κ2) is 3.59.